The van der Waals surface area contributed by atoms with E-state index in [1.165, 1.54) is 0 Å². The van der Waals surface area contributed by atoms with E-state index in [2.05, 4.69) is 5.32 Å². The molecule has 0 bridgehead atoms. The Bertz CT molecular complexity index is 758. The largest absolute Gasteiger partial charge is 0.472 e. The SMILES string of the molecule is CCOC(=O)[C@H]1[C@H](CCc2ccoc2)NC[C@@H]1c1ccc2c(c1)OCO2. The van der Waals surface area contributed by atoms with E-state index in [9.17, 15) is 4.79 Å². The first-order valence-corrected chi connectivity index (χ1v) is 9.07. The number of carbonyl (C=O) groups is 1. The van der Waals surface area contributed by atoms with Gasteiger partial charge in [-0.2, -0.15) is 0 Å². The molecule has 1 N–H and O–H groups in total. The molecule has 4 rings (SSSR count). The van der Waals surface area contributed by atoms with Crippen LogP contribution in [0.3, 0.4) is 0 Å². The lowest BCUT2D eigenvalue weighted by Crippen LogP contribution is -2.34. The minimum Gasteiger partial charge on any atom is -0.472 e. The quantitative estimate of drug-likeness (QED) is 0.802. The van der Waals surface area contributed by atoms with E-state index in [4.69, 9.17) is 18.6 Å². The molecule has 0 spiro atoms. The van der Waals surface area contributed by atoms with Crippen LogP contribution in [0.25, 0.3) is 0 Å². The van der Waals surface area contributed by atoms with Crippen molar-refractivity contribution in [1.29, 1.82) is 0 Å². The Labute approximate surface area is 152 Å². The summed E-state index contributed by atoms with van der Waals surface area (Å²) < 4.78 is 21.4. The van der Waals surface area contributed by atoms with Crippen LogP contribution >= 0.6 is 0 Å². The molecular weight excluding hydrogens is 334 g/mol. The van der Waals surface area contributed by atoms with Crippen LogP contribution in [-0.2, 0) is 16.0 Å². The maximum absolute atomic E-state index is 12.7. The zero-order valence-electron chi connectivity index (χ0n) is 14.8. The maximum atomic E-state index is 12.7. The second kappa shape index (κ2) is 7.41. The Morgan fingerprint density at radius 2 is 2.15 bits per heavy atom. The van der Waals surface area contributed by atoms with Crippen molar-refractivity contribution in [1.82, 2.24) is 5.32 Å². The molecule has 1 aromatic carbocycles. The first-order chi connectivity index (χ1) is 12.8. The average molecular weight is 357 g/mol. The second-order valence-corrected chi connectivity index (χ2v) is 6.68. The summed E-state index contributed by atoms with van der Waals surface area (Å²) in [5.41, 5.74) is 2.21. The number of nitrogens with one attached hydrogen (secondary N) is 1. The molecule has 6 nitrogen and oxygen atoms in total. The lowest BCUT2D eigenvalue weighted by Gasteiger charge is -2.22. The van der Waals surface area contributed by atoms with Crippen molar-refractivity contribution in [3.8, 4) is 11.5 Å². The van der Waals surface area contributed by atoms with Gasteiger partial charge in [-0.1, -0.05) is 6.07 Å². The highest BCUT2D eigenvalue weighted by atomic mass is 16.7. The van der Waals surface area contributed by atoms with E-state index in [1.54, 1.807) is 12.5 Å². The van der Waals surface area contributed by atoms with Crippen molar-refractivity contribution < 1.29 is 23.4 Å². The predicted octanol–water partition coefficient (Wildman–Crippen LogP) is 2.88. The van der Waals surface area contributed by atoms with Crippen LogP contribution in [0.4, 0.5) is 0 Å². The highest BCUT2D eigenvalue weighted by Crippen LogP contribution is 2.40. The lowest BCUT2D eigenvalue weighted by atomic mass is 9.83. The van der Waals surface area contributed by atoms with Gasteiger partial charge in [0.2, 0.25) is 6.79 Å². The minimum absolute atomic E-state index is 0.0536. The predicted molar refractivity (Wildman–Crippen MR) is 94.2 cm³/mol. The van der Waals surface area contributed by atoms with Crippen molar-refractivity contribution in [2.75, 3.05) is 19.9 Å². The number of esters is 1. The standard InChI is InChI=1S/C20H23NO5/c1-2-24-20(22)19-15(14-4-6-17-18(9-14)26-12-25-17)10-21-16(19)5-3-13-7-8-23-11-13/h4,6-9,11,15-16,19,21H,2-3,5,10,12H2,1H3/t15-,16+,19-/m1/s1. The van der Waals surface area contributed by atoms with Crippen LogP contribution in [-0.4, -0.2) is 32.0 Å². The summed E-state index contributed by atoms with van der Waals surface area (Å²) in [6.45, 7) is 3.21. The Balaban J connectivity index is 1.54. The van der Waals surface area contributed by atoms with Crippen LogP contribution in [0.15, 0.2) is 41.2 Å². The number of carbonyl (C=O) groups excluding carboxylic acids is 1. The van der Waals surface area contributed by atoms with Gasteiger partial charge < -0.3 is 23.9 Å². The summed E-state index contributed by atoms with van der Waals surface area (Å²) in [6, 6.07) is 7.95. The number of hydrogen-bond acceptors (Lipinski definition) is 6. The number of rotatable bonds is 6. The zero-order chi connectivity index (χ0) is 17.9. The van der Waals surface area contributed by atoms with Crippen LogP contribution in [0.2, 0.25) is 0 Å². The van der Waals surface area contributed by atoms with Gasteiger partial charge in [-0.15, -0.1) is 0 Å². The van der Waals surface area contributed by atoms with E-state index in [-0.39, 0.29) is 30.6 Å². The molecule has 3 heterocycles. The third-order valence-electron chi connectivity index (χ3n) is 5.17. The fraction of sp³-hybridized carbons (Fsp3) is 0.450. The molecule has 2 aliphatic rings. The maximum Gasteiger partial charge on any atom is 0.311 e. The fourth-order valence-corrected chi connectivity index (χ4v) is 3.89. The van der Waals surface area contributed by atoms with Gasteiger partial charge in [-0.05, 0) is 49.1 Å². The molecule has 138 valence electrons. The van der Waals surface area contributed by atoms with E-state index in [0.29, 0.717) is 6.61 Å². The summed E-state index contributed by atoms with van der Waals surface area (Å²) >= 11 is 0. The number of aryl methyl sites for hydroxylation is 1. The Morgan fingerprint density at radius 1 is 1.27 bits per heavy atom. The molecule has 0 unspecified atom stereocenters. The molecule has 0 radical (unpaired) electrons. The molecule has 0 aliphatic carbocycles. The minimum atomic E-state index is -0.220. The summed E-state index contributed by atoms with van der Waals surface area (Å²) in [5, 5.41) is 3.52. The Kier molecular flexibility index (Phi) is 4.84. The van der Waals surface area contributed by atoms with Gasteiger partial charge in [0.25, 0.3) is 0 Å². The van der Waals surface area contributed by atoms with Crippen LogP contribution in [0.1, 0.15) is 30.4 Å². The van der Waals surface area contributed by atoms with Crippen molar-refractivity contribution in [3.05, 3.63) is 47.9 Å². The van der Waals surface area contributed by atoms with Crippen molar-refractivity contribution in [3.63, 3.8) is 0 Å². The van der Waals surface area contributed by atoms with Crippen LogP contribution < -0.4 is 14.8 Å². The topological polar surface area (TPSA) is 69.9 Å². The van der Waals surface area contributed by atoms with Crippen molar-refractivity contribution in [2.24, 2.45) is 5.92 Å². The molecule has 2 aromatic rings. The van der Waals surface area contributed by atoms with Crippen molar-refractivity contribution in [2.45, 2.75) is 31.7 Å². The van der Waals surface area contributed by atoms with E-state index >= 15 is 0 Å². The number of furan rings is 1. The summed E-state index contributed by atoms with van der Waals surface area (Å²) in [4.78, 5) is 12.7. The van der Waals surface area contributed by atoms with Gasteiger partial charge in [0.15, 0.2) is 11.5 Å². The van der Waals surface area contributed by atoms with E-state index in [1.807, 2.05) is 31.2 Å². The molecule has 1 fully saturated rings. The highest BCUT2D eigenvalue weighted by molar-refractivity contribution is 5.75. The molecule has 1 aromatic heterocycles. The smallest absolute Gasteiger partial charge is 0.311 e. The molecule has 1 saturated heterocycles. The van der Waals surface area contributed by atoms with Gasteiger partial charge >= 0.3 is 5.97 Å². The third-order valence-corrected chi connectivity index (χ3v) is 5.17. The molecule has 6 heteroatoms. The molecule has 26 heavy (non-hydrogen) atoms. The number of fused-ring (bicyclic) bond motifs is 1. The second-order valence-electron chi connectivity index (χ2n) is 6.68. The van der Waals surface area contributed by atoms with Gasteiger partial charge in [0.05, 0.1) is 25.1 Å². The van der Waals surface area contributed by atoms with Gasteiger partial charge in [0.1, 0.15) is 0 Å². The Hall–Kier alpha value is -2.47. The monoisotopic (exact) mass is 357 g/mol. The normalized spacial score (nSPS) is 24.0. The third kappa shape index (κ3) is 3.29. The molecule has 2 aliphatic heterocycles. The number of benzene rings is 1. The number of ether oxygens (including phenoxy) is 3. The fourth-order valence-electron chi connectivity index (χ4n) is 3.89. The lowest BCUT2D eigenvalue weighted by molar-refractivity contribution is -0.148. The molecule has 0 amide bonds. The van der Waals surface area contributed by atoms with Gasteiger partial charge in [0, 0.05) is 18.5 Å². The highest BCUT2D eigenvalue weighted by Gasteiger charge is 2.42. The van der Waals surface area contributed by atoms with E-state index < -0.39 is 0 Å². The summed E-state index contributed by atoms with van der Waals surface area (Å²) in [5.74, 6) is 1.19. The summed E-state index contributed by atoms with van der Waals surface area (Å²) in [7, 11) is 0. The van der Waals surface area contributed by atoms with E-state index in [0.717, 1.165) is 42.0 Å². The van der Waals surface area contributed by atoms with Crippen molar-refractivity contribution >= 4 is 5.97 Å². The summed E-state index contributed by atoms with van der Waals surface area (Å²) in [6.07, 6.45) is 5.14. The first-order valence-electron chi connectivity index (χ1n) is 9.07. The average Bonchev–Trinajstić information content (AvgIpc) is 3.38. The molecular formula is C20H23NO5. The number of hydrogen-bond donors (Lipinski definition) is 1. The van der Waals surface area contributed by atoms with Crippen LogP contribution in [0, 0.1) is 5.92 Å². The molecule has 0 saturated carbocycles. The Morgan fingerprint density at radius 3 is 2.96 bits per heavy atom. The zero-order valence-corrected chi connectivity index (χ0v) is 14.8. The first kappa shape index (κ1) is 17.0. The molecule has 3 atom stereocenters. The van der Waals surface area contributed by atoms with Gasteiger partial charge in [-0.3, -0.25) is 4.79 Å². The van der Waals surface area contributed by atoms with Gasteiger partial charge in [-0.25, -0.2) is 0 Å². The van der Waals surface area contributed by atoms with Crippen LogP contribution in [0.5, 0.6) is 11.5 Å².